The minimum atomic E-state index is 0.739. The Kier molecular flexibility index (Phi) is 5.26. The van der Waals surface area contributed by atoms with Crippen molar-refractivity contribution in [3.8, 4) is 5.75 Å². The van der Waals surface area contributed by atoms with E-state index in [0.29, 0.717) is 0 Å². The average Bonchev–Trinajstić information content (AvgIpc) is 2.42. The van der Waals surface area contributed by atoms with Gasteiger partial charge in [0, 0.05) is 11.5 Å². The molecule has 2 rings (SSSR count). The van der Waals surface area contributed by atoms with E-state index < -0.39 is 0 Å². The van der Waals surface area contributed by atoms with E-state index in [9.17, 15) is 0 Å². The highest BCUT2D eigenvalue weighted by Crippen LogP contribution is 2.27. The smallest absolute Gasteiger partial charge is 0.119 e. The number of rotatable bonds is 5. The minimum Gasteiger partial charge on any atom is -0.494 e. The van der Waals surface area contributed by atoms with Gasteiger partial charge in [-0.3, -0.25) is 0 Å². The van der Waals surface area contributed by atoms with Crippen molar-refractivity contribution in [3.63, 3.8) is 0 Å². The van der Waals surface area contributed by atoms with Gasteiger partial charge in [0.2, 0.25) is 0 Å². The molecule has 1 aromatic rings. The second kappa shape index (κ2) is 6.95. The van der Waals surface area contributed by atoms with Crippen molar-refractivity contribution in [1.82, 2.24) is 0 Å². The molecule has 19 heavy (non-hydrogen) atoms. The van der Waals surface area contributed by atoms with Gasteiger partial charge in [-0.1, -0.05) is 13.8 Å². The van der Waals surface area contributed by atoms with Crippen LogP contribution in [0.5, 0.6) is 5.75 Å². The zero-order chi connectivity index (χ0) is 13.7. The van der Waals surface area contributed by atoms with Gasteiger partial charge in [-0.2, -0.15) is 0 Å². The molecule has 0 heterocycles. The lowest BCUT2D eigenvalue weighted by atomic mass is 9.78. The maximum atomic E-state index is 5.48. The summed E-state index contributed by atoms with van der Waals surface area (Å²) in [5.74, 6) is 2.71. The van der Waals surface area contributed by atoms with E-state index in [0.717, 1.165) is 36.8 Å². The second-order valence-electron chi connectivity index (χ2n) is 5.95. The maximum Gasteiger partial charge on any atom is 0.119 e. The van der Waals surface area contributed by atoms with Crippen LogP contribution in [0.1, 0.15) is 45.6 Å². The normalized spacial score (nSPS) is 27.2. The monoisotopic (exact) mass is 262 g/mol. The SMILES string of the molecule is CCOc1ccc(C[NH2+][C@@H]2CCC[C@H](C)[C@@H]2C)cc1. The summed E-state index contributed by atoms with van der Waals surface area (Å²) in [5, 5.41) is 2.54. The van der Waals surface area contributed by atoms with Gasteiger partial charge in [0.15, 0.2) is 0 Å². The van der Waals surface area contributed by atoms with E-state index >= 15 is 0 Å². The number of nitrogens with two attached hydrogens (primary N) is 1. The molecule has 1 aromatic carbocycles. The first kappa shape index (κ1) is 14.4. The summed E-state index contributed by atoms with van der Waals surface area (Å²) >= 11 is 0. The number of benzene rings is 1. The van der Waals surface area contributed by atoms with Crippen LogP contribution in [-0.4, -0.2) is 12.6 Å². The van der Waals surface area contributed by atoms with E-state index in [-0.39, 0.29) is 0 Å². The molecule has 0 radical (unpaired) electrons. The molecule has 1 aliphatic rings. The van der Waals surface area contributed by atoms with Crippen molar-refractivity contribution >= 4 is 0 Å². The topological polar surface area (TPSA) is 25.8 Å². The van der Waals surface area contributed by atoms with E-state index in [4.69, 9.17) is 4.74 Å². The largest absolute Gasteiger partial charge is 0.494 e. The van der Waals surface area contributed by atoms with Crippen LogP contribution in [0.3, 0.4) is 0 Å². The predicted molar refractivity (Wildman–Crippen MR) is 79.2 cm³/mol. The molecule has 2 heteroatoms. The Bertz CT molecular complexity index is 373. The van der Waals surface area contributed by atoms with Gasteiger partial charge in [0.1, 0.15) is 12.3 Å². The molecule has 0 aliphatic heterocycles. The molecule has 0 bridgehead atoms. The van der Waals surface area contributed by atoms with E-state index in [1.54, 1.807) is 0 Å². The number of quaternary nitrogens is 1. The molecule has 1 saturated carbocycles. The van der Waals surface area contributed by atoms with Gasteiger partial charge in [0.25, 0.3) is 0 Å². The first-order valence-electron chi connectivity index (χ1n) is 7.75. The third-order valence-electron chi connectivity index (χ3n) is 4.66. The second-order valence-corrected chi connectivity index (χ2v) is 5.95. The summed E-state index contributed by atoms with van der Waals surface area (Å²) in [6.45, 7) is 8.68. The zero-order valence-corrected chi connectivity index (χ0v) is 12.6. The molecule has 2 nitrogen and oxygen atoms in total. The van der Waals surface area contributed by atoms with Crippen LogP contribution in [-0.2, 0) is 6.54 Å². The maximum absolute atomic E-state index is 5.48. The fourth-order valence-corrected chi connectivity index (χ4v) is 3.13. The van der Waals surface area contributed by atoms with E-state index in [1.165, 1.54) is 24.8 Å². The molecule has 0 saturated heterocycles. The molecule has 2 N–H and O–H groups in total. The molecule has 0 amide bonds. The van der Waals surface area contributed by atoms with Crippen molar-refractivity contribution in [2.24, 2.45) is 11.8 Å². The fourth-order valence-electron chi connectivity index (χ4n) is 3.13. The minimum absolute atomic E-state index is 0.739. The molecule has 1 fully saturated rings. The summed E-state index contributed by atoms with van der Waals surface area (Å²) in [6.07, 6.45) is 4.19. The standard InChI is InChI=1S/C17H27NO/c1-4-19-16-10-8-15(9-11-16)12-18-17-7-5-6-13(2)14(17)3/h8-11,13-14,17-18H,4-7,12H2,1-3H3/p+1/t13-,14-,17+/m0/s1. The molecule has 1 aliphatic carbocycles. The summed E-state index contributed by atoms with van der Waals surface area (Å²) in [5.41, 5.74) is 1.40. The Labute approximate surface area is 117 Å². The Morgan fingerprint density at radius 2 is 1.89 bits per heavy atom. The van der Waals surface area contributed by atoms with Crippen LogP contribution in [0.15, 0.2) is 24.3 Å². The first-order valence-corrected chi connectivity index (χ1v) is 7.75. The lowest BCUT2D eigenvalue weighted by Gasteiger charge is -2.32. The Hall–Kier alpha value is -1.02. The van der Waals surface area contributed by atoms with Crippen molar-refractivity contribution < 1.29 is 10.1 Å². The fraction of sp³-hybridized carbons (Fsp3) is 0.647. The zero-order valence-electron chi connectivity index (χ0n) is 12.6. The molecule has 0 unspecified atom stereocenters. The van der Waals surface area contributed by atoms with Crippen LogP contribution < -0.4 is 10.1 Å². The molecular weight excluding hydrogens is 234 g/mol. The summed E-state index contributed by atoms with van der Waals surface area (Å²) in [6, 6.07) is 9.35. The quantitative estimate of drug-likeness (QED) is 0.867. The van der Waals surface area contributed by atoms with Crippen LogP contribution in [0.25, 0.3) is 0 Å². The summed E-state index contributed by atoms with van der Waals surface area (Å²) in [4.78, 5) is 0. The van der Waals surface area contributed by atoms with E-state index in [2.05, 4.69) is 43.4 Å². The predicted octanol–water partition coefficient (Wildman–Crippen LogP) is 2.97. The summed E-state index contributed by atoms with van der Waals surface area (Å²) in [7, 11) is 0. The highest BCUT2D eigenvalue weighted by molar-refractivity contribution is 5.26. The highest BCUT2D eigenvalue weighted by atomic mass is 16.5. The van der Waals surface area contributed by atoms with Gasteiger partial charge >= 0.3 is 0 Å². The third-order valence-corrected chi connectivity index (χ3v) is 4.66. The first-order chi connectivity index (χ1) is 9.20. The molecule has 0 aromatic heterocycles. The number of hydrogen-bond acceptors (Lipinski definition) is 1. The molecule has 3 atom stereocenters. The van der Waals surface area contributed by atoms with Gasteiger partial charge in [0.05, 0.1) is 12.6 Å². The van der Waals surface area contributed by atoms with Crippen molar-refractivity contribution in [2.45, 2.75) is 52.6 Å². The third kappa shape index (κ3) is 3.97. The van der Waals surface area contributed by atoms with Crippen LogP contribution in [0.4, 0.5) is 0 Å². The Balaban J connectivity index is 1.84. The van der Waals surface area contributed by atoms with Gasteiger partial charge < -0.3 is 10.1 Å². The number of hydrogen-bond donors (Lipinski definition) is 1. The Morgan fingerprint density at radius 3 is 2.58 bits per heavy atom. The van der Waals surface area contributed by atoms with Gasteiger partial charge in [-0.25, -0.2) is 0 Å². The number of ether oxygens (including phenoxy) is 1. The molecule has 106 valence electrons. The van der Waals surface area contributed by atoms with Crippen LogP contribution in [0.2, 0.25) is 0 Å². The Morgan fingerprint density at radius 1 is 1.16 bits per heavy atom. The molecular formula is C17H28NO+. The van der Waals surface area contributed by atoms with Gasteiger partial charge in [-0.15, -0.1) is 0 Å². The van der Waals surface area contributed by atoms with E-state index in [1.807, 2.05) is 6.92 Å². The lowest BCUT2D eigenvalue weighted by Crippen LogP contribution is -2.90. The van der Waals surface area contributed by atoms with Crippen molar-refractivity contribution in [2.75, 3.05) is 6.61 Å². The van der Waals surface area contributed by atoms with Crippen molar-refractivity contribution in [3.05, 3.63) is 29.8 Å². The highest BCUT2D eigenvalue weighted by Gasteiger charge is 2.29. The lowest BCUT2D eigenvalue weighted by molar-refractivity contribution is -0.713. The molecule has 0 spiro atoms. The summed E-state index contributed by atoms with van der Waals surface area (Å²) < 4.78 is 5.48. The van der Waals surface area contributed by atoms with Crippen LogP contribution in [0, 0.1) is 11.8 Å². The average molecular weight is 262 g/mol. The van der Waals surface area contributed by atoms with Gasteiger partial charge in [-0.05, 0) is 56.4 Å². The van der Waals surface area contributed by atoms with Crippen LogP contribution >= 0.6 is 0 Å². The van der Waals surface area contributed by atoms with Crippen molar-refractivity contribution in [1.29, 1.82) is 0 Å².